The fourth-order valence-corrected chi connectivity index (χ4v) is 4.38. The van der Waals surface area contributed by atoms with E-state index in [2.05, 4.69) is 25.7 Å². The summed E-state index contributed by atoms with van der Waals surface area (Å²) in [4.78, 5) is 0. The van der Waals surface area contributed by atoms with E-state index < -0.39 is 0 Å². The quantitative estimate of drug-likeness (QED) is 0.539. The molecule has 0 aliphatic rings. The Morgan fingerprint density at radius 2 is 1.84 bits per heavy atom. The maximum Gasteiger partial charge on any atom is 0.294 e. The van der Waals surface area contributed by atoms with Crippen molar-refractivity contribution < 1.29 is 9.47 Å². The fourth-order valence-electron chi connectivity index (χ4n) is 1.89. The Bertz CT molecular complexity index is 808. The number of ether oxygens (including phenoxy) is 2. The molecule has 2 aromatic heterocycles. The summed E-state index contributed by atoms with van der Waals surface area (Å²) in [5.41, 5.74) is 0.877. The van der Waals surface area contributed by atoms with Gasteiger partial charge in [0.05, 0.1) is 24.7 Å². The topological polar surface area (TPSA) is 82.1 Å². The van der Waals surface area contributed by atoms with Crippen molar-refractivity contribution in [1.82, 2.24) is 20.4 Å². The molecule has 2 heterocycles. The number of thioether (sulfide) groups is 1. The van der Waals surface area contributed by atoms with Gasteiger partial charge in [-0.1, -0.05) is 46.6 Å². The molecular weight excluding hydrogens is 378 g/mol. The van der Waals surface area contributed by atoms with Crippen LogP contribution in [0, 0.1) is 0 Å². The number of hydrogen-bond donors (Lipinski definition) is 1. The Labute approximate surface area is 157 Å². The number of benzene rings is 1. The summed E-state index contributed by atoms with van der Waals surface area (Å²) in [6, 6.07) is 7.77. The van der Waals surface area contributed by atoms with Crippen LogP contribution in [0.1, 0.15) is 18.9 Å². The SMILES string of the molecule is CCOc1nnc(CSc2nnc(Nc3ccccc3OCC)s2)s1. The predicted molar refractivity (Wildman–Crippen MR) is 101 cm³/mol. The van der Waals surface area contributed by atoms with E-state index in [4.69, 9.17) is 9.47 Å². The summed E-state index contributed by atoms with van der Waals surface area (Å²) in [6.07, 6.45) is 0. The summed E-state index contributed by atoms with van der Waals surface area (Å²) in [6.45, 7) is 5.09. The summed E-state index contributed by atoms with van der Waals surface area (Å²) in [7, 11) is 0. The van der Waals surface area contributed by atoms with Crippen molar-refractivity contribution in [3.63, 3.8) is 0 Å². The first kappa shape index (κ1) is 17.9. The molecule has 0 amide bonds. The van der Waals surface area contributed by atoms with Crippen LogP contribution in [0.3, 0.4) is 0 Å². The molecule has 1 N–H and O–H groups in total. The smallest absolute Gasteiger partial charge is 0.294 e. The first-order valence-corrected chi connectivity index (χ1v) is 10.3. The largest absolute Gasteiger partial charge is 0.492 e. The molecule has 0 bridgehead atoms. The van der Waals surface area contributed by atoms with Gasteiger partial charge in [-0.3, -0.25) is 0 Å². The third-order valence-electron chi connectivity index (χ3n) is 2.87. The Balaban J connectivity index is 1.58. The number of nitrogens with zero attached hydrogens (tertiary/aromatic N) is 4. The van der Waals surface area contributed by atoms with Gasteiger partial charge in [0.2, 0.25) is 5.13 Å². The van der Waals surface area contributed by atoms with E-state index in [-0.39, 0.29) is 0 Å². The summed E-state index contributed by atoms with van der Waals surface area (Å²) < 4.78 is 11.8. The second kappa shape index (κ2) is 8.97. The van der Waals surface area contributed by atoms with Crippen LogP contribution in [0.2, 0.25) is 0 Å². The van der Waals surface area contributed by atoms with Gasteiger partial charge >= 0.3 is 0 Å². The first-order valence-electron chi connectivity index (χ1n) is 7.68. The first-order chi connectivity index (χ1) is 12.3. The zero-order valence-electron chi connectivity index (χ0n) is 13.8. The lowest BCUT2D eigenvalue weighted by Gasteiger charge is -2.09. The van der Waals surface area contributed by atoms with E-state index in [9.17, 15) is 0 Å². The highest BCUT2D eigenvalue weighted by atomic mass is 32.2. The molecule has 0 saturated heterocycles. The molecule has 1 aromatic carbocycles. The molecular formula is C15H17N5O2S3. The number of rotatable bonds is 9. The van der Waals surface area contributed by atoms with Crippen molar-refractivity contribution in [3.05, 3.63) is 29.3 Å². The molecule has 3 rings (SSSR count). The third-order valence-corrected chi connectivity index (χ3v) is 5.87. The van der Waals surface area contributed by atoms with E-state index in [0.717, 1.165) is 25.9 Å². The monoisotopic (exact) mass is 395 g/mol. The van der Waals surface area contributed by atoms with Crippen molar-refractivity contribution in [2.24, 2.45) is 0 Å². The second-order valence-electron chi connectivity index (χ2n) is 4.61. The van der Waals surface area contributed by atoms with Gasteiger partial charge in [0.1, 0.15) is 10.8 Å². The molecule has 0 saturated carbocycles. The molecule has 0 spiro atoms. The summed E-state index contributed by atoms with van der Waals surface area (Å²) in [5.74, 6) is 1.49. The van der Waals surface area contributed by atoms with Crippen LogP contribution >= 0.6 is 34.4 Å². The van der Waals surface area contributed by atoms with Gasteiger partial charge in [-0.15, -0.1) is 20.4 Å². The maximum atomic E-state index is 5.61. The van der Waals surface area contributed by atoms with E-state index in [1.807, 2.05) is 38.1 Å². The Hall–Kier alpha value is -1.91. The van der Waals surface area contributed by atoms with Crippen LogP contribution in [0.15, 0.2) is 28.6 Å². The zero-order chi connectivity index (χ0) is 17.5. The van der Waals surface area contributed by atoms with Gasteiger partial charge in [0.25, 0.3) is 5.19 Å². The van der Waals surface area contributed by atoms with Gasteiger partial charge in [-0.25, -0.2) is 0 Å². The molecule has 0 unspecified atom stereocenters. The van der Waals surface area contributed by atoms with Crippen LogP contribution in [-0.4, -0.2) is 33.6 Å². The minimum Gasteiger partial charge on any atom is -0.492 e. The van der Waals surface area contributed by atoms with E-state index in [1.54, 1.807) is 11.8 Å². The number of nitrogens with one attached hydrogen (secondary N) is 1. The molecule has 0 fully saturated rings. The number of hydrogen-bond acceptors (Lipinski definition) is 10. The van der Waals surface area contributed by atoms with Gasteiger partial charge in [-0.05, 0) is 26.0 Å². The molecule has 0 radical (unpaired) electrons. The van der Waals surface area contributed by atoms with Crippen LogP contribution in [-0.2, 0) is 5.75 Å². The number of anilines is 2. The van der Waals surface area contributed by atoms with Crippen molar-refractivity contribution in [2.75, 3.05) is 18.5 Å². The van der Waals surface area contributed by atoms with Crippen molar-refractivity contribution in [2.45, 2.75) is 23.9 Å². The van der Waals surface area contributed by atoms with Gasteiger partial charge in [0, 0.05) is 0 Å². The average Bonchev–Trinajstić information content (AvgIpc) is 3.25. The van der Waals surface area contributed by atoms with Crippen molar-refractivity contribution in [1.29, 1.82) is 0 Å². The zero-order valence-corrected chi connectivity index (χ0v) is 16.2. The molecule has 0 aliphatic carbocycles. The molecule has 7 nitrogen and oxygen atoms in total. The fraction of sp³-hybridized carbons (Fsp3) is 0.333. The standard InChI is InChI=1S/C15H17N5O2S3/c1-3-21-11-8-6-5-7-10(11)16-13-18-20-15(25-13)23-9-12-17-19-14(24-12)22-4-2/h5-8H,3-4,9H2,1-2H3,(H,16,18). The highest BCUT2D eigenvalue weighted by molar-refractivity contribution is 8.00. The lowest BCUT2D eigenvalue weighted by Crippen LogP contribution is -1.97. The Morgan fingerprint density at radius 1 is 1.00 bits per heavy atom. The highest BCUT2D eigenvalue weighted by Gasteiger charge is 2.10. The molecule has 0 atom stereocenters. The minimum atomic E-state index is 0.594. The van der Waals surface area contributed by atoms with E-state index >= 15 is 0 Å². The Morgan fingerprint density at radius 3 is 2.68 bits per heavy atom. The van der Waals surface area contributed by atoms with Gasteiger partial charge in [0.15, 0.2) is 4.34 Å². The summed E-state index contributed by atoms with van der Waals surface area (Å²) >= 11 is 4.52. The molecule has 25 heavy (non-hydrogen) atoms. The van der Waals surface area contributed by atoms with Crippen LogP contribution in [0.25, 0.3) is 0 Å². The minimum absolute atomic E-state index is 0.594. The highest BCUT2D eigenvalue weighted by Crippen LogP contribution is 2.33. The Kier molecular flexibility index (Phi) is 6.42. The lowest BCUT2D eigenvalue weighted by atomic mass is 10.3. The molecule has 3 aromatic rings. The average molecular weight is 396 g/mol. The van der Waals surface area contributed by atoms with Crippen LogP contribution in [0.4, 0.5) is 10.8 Å². The van der Waals surface area contributed by atoms with Crippen LogP contribution in [0.5, 0.6) is 10.9 Å². The predicted octanol–water partition coefficient (Wildman–Crippen LogP) is 4.22. The molecule has 132 valence electrons. The lowest BCUT2D eigenvalue weighted by molar-refractivity contribution is 0.335. The van der Waals surface area contributed by atoms with Crippen molar-refractivity contribution in [3.8, 4) is 10.9 Å². The summed E-state index contributed by atoms with van der Waals surface area (Å²) in [5, 5.41) is 22.0. The molecule has 10 heteroatoms. The van der Waals surface area contributed by atoms with E-state index in [1.165, 1.54) is 22.7 Å². The second-order valence-corrected chi connectivity index (χ2v) is 7.84. The van der Waals surface area contributed by atoms with E-state index in [0.29, 0.717) is 24.2 Å². The van der Waals surface area contributed by atoms with Gasteiger partial charge in [-0.2, -0.15) is 0 Å². The van der Waals surface area contributed by atoms with Crippen molar-refractivity contribution >= 4 is 45.3 Å². The number of aromatic nitrogens is 4. The maximum absolute atomic E-state index is 5.61. The third kappa shape index (κ3) is 5.03. The normalized spacial score (nSPS) is 10.6. The van der Waals surface area contributed by atoms with Crippen LogP contribution < -0.4 is 14.8 Å². The number of para-hydroxylation sites is 2. The van der Waals surface area contributed by atoms with Gasteiger partial charge < -0.3 is 14.8 Å². The molecule has 0 aliphatic heterocycles.